The van der Waals surface area contributed by atoms with E-state index in [1.54, 1.807) is 20.9 Å². The van der Waals surface area contributed by atoms with Gasteiger partial charge in [0, 0.05) is 19.8 Å². The molecule has 2 aromatic heterocycles. The highest BCUT2D eigenvalue weighted by Gasteiger charge is 2.22. The molecule has 0 fully saturated rings. The van der Waals surface area contributed by atoms with Gasteiger partial charge in [-0.15, -0.1) is 0 Å². The Kier molecular flexibility index (Phi) is 3.95. The van der Waals surface area contributed by atoms with E-state index in [4.69, 9.17) is 5.73 Å². The maximum absolute atomic E-state index is 12.4. The first-order valence-electron chi connectivity index (χ1n) is 6.62. The second kappa shape index (κ2) is 5.40. The van der Waals surface area contributed by atoms with E-state index in [-0.39, 0.29) is 10.8 Å². The van der Waals surface area contributed by atoms with E-state index in [0.29, 0.717) is 17.2 Å². The number of nitrogens with one attached hydrogen (secondary N) is 1. The van der Waals surface area contributed by atoms with E-state index < -0.39 is 10.0 Å². The zero-order valence-electron chi connectivity index (χ0n) is 12.6. The lowest BCUT2D eigenvalue weighted by atomic mass is 10.4. The lowest BCUT2D eigenvalue weighted by molar-refractivity contribution is 0.596. The molecule has 0 amide bonds. The summed E-state index contributed by atoms with van der Waals surface area (Å²) in [6.07, 6.45) is 2.43. The van der Waals surface area contributed by atoms with Crippen LogP contribution in [0.1, 0.15) is 24.9 Å². The zero-order valence-corrected chi connectivity index (χ0v) is 13.4. The first-order valence-corrected chi connectivity index (χ1v) is 8.10. The Balaban J connectivity index is 2.36. The first-order chi connectivity index (χ1) is 9.76. The third-order valence-corrected chi connectivity index (χ3v) is 4.40. The number of aromatic nitrogens is 4. The maximum atomic E-state index is 12.4. The molecule has 0 aromatic carbocycles. The summed E-state index contributed by atoms with van der Waals surface area (Å²) in [5.41, 5.74) is 6.72. The highest BCUT2D eigenvalue weighted by molar-refractivity contribution is 7.92. The molecule has 3 N–H and O–H groups in total. The number of hydrogen-bond acceptors (Lipinski definition) is 5. The van der Waals surface area contributed by atoms with Crippen LogP contribution in [0.5, 0.6) is 0 Å². The van der Waals surface area contributed by atoms with Crippen molar-refractivity contribution in [3.05, 3.63) is 17.7 Å². The van der Waals surface area contributed by atoms with Gasteiger partial charge in [0.2, 0.25) is 0 Å². The van der Waals surface area contributed by atoms with Crippen LogP contribution in [-0.2, 0) is 23.6 Å². The third-order valence-electron chi connectivity index (χ3n) is 3.19. The topological polar surface area (TPSA) is 108 Å². The smallest absolute Gasteiger partial charge is 0.282 e. The Morgan fingerprint density at radius 3 is 2.57 bits per heavy atom. The van der Waals surface area contributed by atoms with Crippen LogP contribution in [0.4, 0.5) is 11.5 Å². The van der Waals surface area contributed by atoms with Gasteiger partial charge in [-0.25, -0.2) is 9.67 Å². The summed E-state index contributed by atoms with van der Waals surface area (Å²) >= 11 is 0. The molecule has 116 valence electrons. The predicted octanol–water partition coefficient (Wildman–Crippen LogP) is 1.03. The Morgan fingerprint density at radius 2 is 2.05 bits per heavy atom. The van der Waals surface area contributed by atoms with Gasteiger partial charge < -0.3 is 10.3 Å². The minimum atomic E-state index is -3.79. The summed E-state index contributed by atoms with van der Waals surface area (Å²) in [5, 5.41) is 4.06. The number of aryl methyl sites for hydroxylation is 4. The molecule has 0 spiro atoms. The maximum Gasteiger partial charge on any atom is 0.282 e. The molecule has 2 heterocycles. The van der Waals surface area contributed by atoms with E-state index in [2.05, 4.69) is 14.8 Å². The van der Waals surface area contributed by atoms with Crippen molar-refractivity contribution in [1.29, 1.82) is 0 Å². The van der Waals surface area contributed by atoms with Crippen molar-refractivity contribution in [2.75, 3.05) is 10.5 Å². The Morgan fingerprint density at radius 1 is 1.38 bits per heavy atom. The van der Waals surface area contributed by atoms with Gasteiger partial charge in [0.15, 0.2) is 10.8 Å². The predicted molar refractivity (Wildman–Crippen MR) is 80.4 cm³/mol. The number of hydrogen-bond donors (Lipinski definition) is 2. The van der Waals surface area contributed by atoms with Crippen molar-refractivity contribution in [3.63, 3.8) is 0 Å². The van der Waals surface area contributed by atoms with Crippen molar-refractivity contribution in [2.24, 2.45) is 7.05 Å². The monoisotopic (exact) mass is 312 g/mol. The van der Waals surface area contributed by atoms with Crippen LogP contribution in [-0.4, -0.2) is 27.7 Å². The van der Waals surface area contributed by atoms with E-state index in [1.165, 1.54) is 10.9 Å². The van der Waals surface area contributed by atoms with Crippen LogP contribution in [0.2, 0.25) is 0 Å². The summed E-state index contributed by atoms with van der Waals surface area (Å²) in [4.78, 5) is 4.11. The molecule has 0 aliphatic carbocycles. The van der Waals surface area contributed by atoms with Crippen LogP contribution in [0.25, 0.3) is 0 Å². The quantitative estimate of drug-likeness (QED) is 0.857. The molecule has 0 saturated carbocycles. The van der Waals surface area contributed by atoms with E-state index >= 15 is 0 Å². The summed E-state index contributed by atoms with van der Waals surface area (Å²) in [6.45, 7) is 6.23. The highest BCUT2D eigenvalue weighted by Crippen LogP contribution is 2.24. The lowest BCUT2D eigenvalue weighted by Crippen LogP contribution is -2.16. The summed E-state index contributed by atoms with van der Waals surface area (Å²) in [5.74, 6) is 0.904. The number of nitrogen functional groups attached to an aromatic ring is 1. The molecule has 9 heteroatoms. The van der Waals surface area contributed by atoms with Gasteiger partial charge in [0.05, 0.1) is 11.4 Å². The third kappa shape index (κ3) is 2.87. The van der Waals surface area contributed by atoms with Crippen LogP contribution in [0, 0.1) is 13.8 Å². The van der Waals surface area contributed by atoms with Crippen molar-refractivity contribution < 1.29 is 8.42 Å². The molecule has 0 bridgehead atoms. The molecule has 8 nitrogen and oxygen atoms in total. The molecule has 2 aromatic rings. The van der Waals surface area contributed by atoms with Gasteiger partial charge in [-0.2, -0.15) is 13.5 Å². The molecule has 0 aliphatic heterocycles. The summed E-state index contributed by atoms with van der Waals surface area (Å²) in [7, 11) is -2.16. The molecule has 0 unspecified atom stereocenters. The minimum absolute atomic E-state index is 0.0216. The summed E-state index contributed by atoms with van der Waals surface area (Å²) < 4.78 is 30.5. The lowest BCUT2D eigenvalue weighted by Gasteiger charge is -2.06. The van der Waals surface area contributed by atoms with Crippen LogP contribution in [0.15, 0.2) is 11.2 Å². The molecular weight excluding hydrogens is 292 g/mol. The SMILES string of the molecule is CCCn1cc(S(=O)(=O)Nc2c(N)c(C)nn2C)nc1C. The van der Waals surface area contributed by atoms with Gasteiger partial charge in [0.1, 0.15) is 5.82 Å². The fraction of sp³-hybridized carbons (Fsp3) is 0.500. The average molecular weight is 312 g/mol. The first kappa shape index (κ1) is 15.4. The molecular formula is C12H20N6O2S. The normalized spacial score (nSPS) is 11.8. The molecule has 0 atom stereocenters. The number of imidazole rings is 1. The number of nitrogens with zero attached hydrogens (tertiary/aromatic N) is 4. The van der Waals surface area contributed by atoms with Crippen molar-refractivity contribution in [2.45, 2.75) is 38.8 Å². The van der Waals surface area contributed by atoms with Crippen LogP contribution < -0.4 is 10.5 Å². The minimum Gasteiger partial charge on any atom is -0.394 e. The van der Waals surface area contributed by atoms with E-state index in [9.17, 15) is 8.42 Å². The van der Waals surface area contributed by atoms with Crippen molar-refractivity contribution in [1.82, 2.24) is 19.3 Å². The number of nitrogens with two attached hydrogens (primary N) is 1. The van der Waals surface area contributed by atoms with Gasteiger partial charge >= 0.3 is 0 Å². The highest BCUT2D eigenvalue weighted by atomic mass is 32.2. The second-order valence-electron chi connectivity index (χ2n) is 4.90. The Hall–Kier alpha value is -2.03. The van der Waals surface area contributed by atoms with Gasteiger partial charge in [0.25, 0.3) is 10.0 Å². The molecule has 21 heavy (non-hydrogen) atoms. The van der Waals surface area contributed by atoms with E-state index in [0.717, 1.165) is 13.0 Å². The molecule has 0 aliphatic rings. The largest absolute Gasteiger partial charge is 0.394 e. The second-order valence-corrected chi connectivity index (χ2v) is 6.53. The fourth-order valence-electron chi connectivity index (χ4n) is 2.05. The van der Waals surface area contributed by atoms with Crippen molar-refractivity contribution >= 4 is 21.5 Å². The average Bonchev–Trinajstić information content (AvgIpc) is 2.87. The van der Waals surface area contributed by atoms with E-state index in [1.807, 2.05) is 11.5 Å². The van der Waals surface area contributed by atoms with Crippen molar-refractivity contribution in [3.8, 4) is 0 Å². The Bertz CT molecular complexity index is 759. The molecule has 0 radical (unpaired) electrons. The zero-order chi connectivity index (χ0) is 15.8. The van der Waals surface area contributed by atoms with Gasteiger partial charge in [-0.05, 0) is 20.3 Å². The van der Waals surface area contributed by atoms with Crippen LogP contribution in [0.3, 0.4) is 0 Å². The number of rotatable bonds is 5. The van der Waals surface area contributed by atoms with Gasteiger partial charge in [-0.3, -0.25) is 4.72 Å². The van der Waals surface area contributed by atoms with Gasteiger partial charge in [-0.1, -0.05) is 6.92 Å². The number of sulfonamides is 1. The van der Waals surface area contributed by atoms with Crippen LogP contribution >= 0.6 is 0 Å². The molecule has 0 saturated heterocycles. The fourth-order valence-corrected chi connectivity index (χ4v) is 3.17. The standard InChI is InChI=1S/C12H20N6O2S/c1-5-6-18-7-10(14-9(18)3)21(19,20)16-12-11(13)8(2)15-17(12)4/h7,16H,5-6,13H2,1-4H3. The summed E-state index contributed by atoms with van der Waals surface area (Å²) in [6, 6.07) is 0. The Labute approximate surface area is 124 Å². The molecule has 2 rings (SSSR count). The number of anilines is 2.